The first-order chi connectivity index (χ1) is 15.0. The number of amides is 1. The molecule has 4 rings (SSSR count). The van der Waals surface area contributed by atoms with E-state index in [1.54, 1.807) is 25.7 Å². The molecule has 0 saturated carbocycles. The normalized spacial score (nSPS) is 23.0. The molecule has 2 fully saturated rings. The minimum absolute atomic E-state index is 0.00298. The highest BCUT2D eigenvalue weighted by atomic mass is 79.9. The van der Waals surface area contributed by atoms with Crippen molar-refractivity contribution in [1.29, 1.82) is 0 Å². The fourth-order valence-electron chi connectivity index (χ4n) is 4.21. The van der Waals surface area contributed by atoms with Gasteiger partial charge >= 0.3 is 6.09 Å². The number of aromatic hydroxyl groups is 1. The molecule has 2 N–H and O–H groups in total. The van der Waals surface area contributed by atoms with E-state index in [1.807, 2.05) is 0 Å². The van der Waals surface area contributed by atoms with Gasteiger partial charge in [-0.2, -0.15) is 4.98 Å². The van der Waals surface area contributed by atoms with Gasteiger partial charge in [0, 0.05) is 12.6 Å². The summed E-state index contributed by atoms with van der Waals surface area (Å²) in [5, 5.41) is 12.8. The zero-order valence-electron chi connectivity index (χ0n) is 17.6. The summed E-state index contributed by atoms with van der Waals surface area (Å²) in [6.45, 7) is 5.89. The lowest BCUT2D eigenvalue weighted by Crippen LogP contribution is -2.61. The molecule has 2 aliphatic rings. The predicted molar refractivity (Wildman–Crippen MR) is 116 cm³/mol. The fourth-order valence-corrected chi connectivity index (χ4v) is 4.74. The average molecular weight is 536 g/mol. The largest absolute Gasteiger partial charge is 0.493 e. The fraction of sp³-hybridized carbons (Fsp3) is 0.550. The number of fused-ring (bicyclic) bond motifs is 3. The van der Waals surface area contributed by atoms with E-state index in [1.165, 1.54) is 0 Å². The van der Waals surface area contributed by atoms with Crippen molar-refractivity contribution in [2.45, 2.75) is 57.3 Å². The maximum atomic E-state index is 14.9. The molecule has 3 atom stereocenters. The monoisotopic (exact) mass is 534 g/mol. The van der Waals surface area contributed by atoms with Crippen molar-refractivity contribution in [3.05, 3.63) is 21.4 Å². The highest BCUT2D eigenvalue weighted by molar-refractivity contribution is 9.10. The van der Waals surface area contributed by atoms with Gasteiger partial charge in [-0.25, -0.2) is 18.6 Å². The Labute approximate surface area is 196 Å². The van der Waals surface area contributed by atoms with E-state index in [2.05, 4.69) is 31.2 Å². The molecule has 1 aromatic heterocycles. The molecular weight excluding hydrogens is 514 g/mol. The molecule has 0 aliphatic carbocycles. The molecule has 1 amide bonds. The van der Waals surface area contributed by atoms with Crippen LogP contribution in [0.15, 0.2) is 4.47 Å². The maximum Gasteiger partial charge on any atom is 0.410 e. The van der Waals surface area contributed by atoms with Crippen molar-refractivity contribution in [3.8, 4) is 11.6 Å². The van der Waals surface area contributed by atoms with Gasteiger partial charge in [-0.05, 0) is 61.1 Å². The Bertz CT molecular complexity index is 1080. The third kappa shape index (κ3) is 4.17. The van der Waals surface area contributed by atoms with Crippen LogP contribution in [0, 0.1) is 11.6 Å². The van der Waals surface area contributed by atoms with Crippen LogP contribution >= 0.6 is 27.5 Å². The number of hydrogen-bond acceptors (Lipinski definition) is 7. The Kier molecular flexibility index (Phi) is 6.10. The second-order valence-corrected chi connectivity index (χ2v) is 9.95. The van der Waals surface area contributed by atoms with Crippen molar-refractivity contribution < 1.29 is 28.2 Å². The van der Waals surface area contributed by atoms with Crippen molar-refractivity contribution in [2.24, 2.45) is 0 Å². The highest BCUT2D eigenvalue weighted by Crippen LogP contribution is 2.41. The molecule has 0 unspecified atom stereocenters. The number of halogens is 4. The number of carbonyl (C=O) groups excluding carboxylic acids is 1. The molecule has 174 valence electrons. The zero-order valence-corrected chi connectivity index (χ0v) is 19.9. The van der Waals surface area contributed by atoms with Crippen LogP contribution in [0.25, 0.3) is 10.9 Å². The van der Waals surface area contributed by atoms with Gasteiger partial charge in [0.15, 0.2) is 17.4 Å². The van der Waals surface area contributed by atoms with E-state index in [4.69, 9.17) is 21.1 Å². The lowest BCUT2D eigenvalue weighted by molar-refractivity contribution is 0.00114. The third-order valence-electron chi connectivity index (χ3n) is 5.52. The summed E-state index contributed by atoms with van der Waals surface area (Å²) < 4.78 is 40.2. The third-order valence-corrected chi connectivity index (χ3v) is 6.39. The number of piperazine rings is 1. The molecular formula is C20H22BrClF2N4O4. The van der Waals surface area contributed by atoms with E-state index < -0.39 is 44.7 Å². The van der Waals surface area contributed by atoms with Gasteiger partial charge in [0.05, 0.1) is 16.6 Å². The van der Waals surface area contributed by atoms with Gasteiger partial charge in [-0.1, -0.05) is 0 Å². The standard InChI is InChI=1S/C20H22BrClF2N4O4/c1-20(2,3)32-19(30)28-8-4-5-10(28)9(25-6-8)7-31-16-11-15(13(23)12(21)14(16)24)26-18(22)27-17(11)29/h8-10,25H,4-7H2,1-3H3,(H,26,27,29)/t8-,9+,10+/m0/s1. The van der Waals surface area contributed by atoms with E-state index in [-0.39, 0.29) is 35.6 Å². The number of carbonyl (C=O) groups is 1. The Morgan fingerprint density at radius 3 is 2.72 bits per heavy atom. The smallest absolute Gasteiger partial charge is 0.410 e. The first-order valence-corrected chi connectivity index (χ1v) is 11.2. The number of aromatic nitrogens is 2. The Morgan fingerprint density at radius 2 is 2.03 bits per heavy atom. The lowest BCUT2D eigenvalue weighted by atomic mass is 10.1. The maximum absolute atomic E-state index is 14.9. The van der Waals surface area contributed by atoms with Gasteiger partial charge in [0.25, 0.3) is 0 Å². The number of ether oxygens (including phenoxy) is 2. The molecule has 2 aromatic rings. The van der Waals surface area contributed by atoms with Crippen molar-refractivity contribution >= 4 is 44.5 Å². The summed E-state index contributed by atoms with van der Waals surface area (Å²) in [6, 6.07) is -0.556. The molecule has 0 spiro atoms. The summed E-state index contributed by atoms with van der Waals surface area (Å²) in [5.74, 6) is -3.18. The van der Waals surface area contributed by atoms with Crippen molar-refractivity contribution in [1.82, 2.24) is 20.2 Å². The van der Waals surface area contributed by atoms with Crippen LogP contribution in [-0.2, 0) is 4.74 Å². The number of benzene rings is 1. The Hall–Kier alpha value is -1.98. The van der Waals surface area contributed by atoms with Gasteiger partial charge in [-0.3, -0.25) is 4.90 Å². The number of nitrogens with one attached hydrogen (secondary N) is 1. The van der Waals surface area contributed by atoms with E-state index in [9.17, 15) is 18.7 Å². The topological polar surface area (TPSA) is 96.8 Å². The minimum atomic E-state index is -1.04. The molecule has 1 aromatic carbocycles. The summed E-state index contributed by atoms with van der Waals surface area (Å²) in [7, 11) is 0. The van der Waals surface area contributed by atoms with Crippen LogP contribution in [-0.4, -0.2) is 62.9 Å². The van der Waals surface area contributed by atoms with Gasteiger partial charge in [-0.15, -0.1) is 0 Å². The predicted octanol–water partition coefficient (Wildman–Crippen LogP) is 4.15. The molecule has 32 heavy (non-hydrogen) atoms. The first-order valence-electron chi connectivity index (χ1n) is 10.1. The number of rotatable bonds is 3. The minimum Gasteiger partial charge on any atom is -0.493 e. The molecule has 0 radical (unpaired) electrons. The molecule has 2 aliphatic heterocycles. The van der Waals surface area contributed by atoms with Gasteiger partial charge in [0.1, 0.15) is 23.1 Å². The molecule has 2 saturated heterocycles. The zero-order chi connectivity index (χ0) is 23.4. The van der Waals surface area contributed by atoms with Crippen LogP contribution in [0.4, 0.5) is 13.6 Å². The second-order valence-electron chi connectivity index (χ2n) is 8.82. The van der Waals surface area contributed by atoms with Gasteiger partial charge < -0.3 is 19.9 Å². The molecule has 12 heteroatoms. The second kappa shape index (κ2) is 8.42. The summed E-state index contributed by atoms with van der Waals surface area (Å²) >= 11 is 8.57. The van der Waals surface area contributed by atoms with Crippen LogP contribution in [0.2, 0.25) is 5.28 Å². The molecule has 3 heterocycles. The van der Waals surface area contributed by atoms with E-state index >= 15 is 0 Å². The van der Waals surface area contributed by atoms with Crippen molar-refractivity contribution in [3.63, 3.8) is 0 Å². The summed E-state index contributed by atoms with van der Waals surface area (Å²) in [5.41, 5.74) is -1.01. The lowest BCUT2D eigenvalue weighted by Gasteiger charge is -2.41. The Balaban J connectivity index is 1.61. The molecule has 2 bridgehead atoms. The van der Waals surface area contributed by atoms with Gasteiger partial charge in [0.2, 0.25) is 11.2 Å². The van der Waals surface area contributed by atoms with E-state index in [0.29, 0.717) is 6.54 Å². The van der Waals surface area contributed by atoms with Crippen LogP contribution < -0.4 is 10.1 Å². The van der Waals surface area contributed by atoms with Crippen LogP contribution in [0.5, 0.6) is 11.6 Å². The average Bonchev–Trinajstić information content (AvgIpc) is 3.01. The quantitative estimate of drug-likeness (QED) is 0.450. The highest BCUT2D eigenvalue weighted by Gasteiger charge is 2.46. The summed E-state index contributed by atoms with van der Waals surface area (Å²) in [4.78, 5) is 21.8. The van der Waals surface area contributed by atoms with Crippen LogP contribution in [0.1, 0.15) is 33.6 Å². The molecule has 8 nitrogen and oxygen atoms in total. The van der Waals surface area contributed by atoms with Crippen molar-refractivity contribution in [2.75, 3.05) is 13.2 Å². The Morgan fingerprint density at radius 1 is 1.31 bits per heavy atom. The number of nitrogens with zero attached hydrogens (tertiary/aromatic N) is 3. The number of hydrogen-bond donors (Lipinski definition) is 2. The summed E-state index contributed by atoms with van der Waals surface area (Å²) in [6.07, 6.45) is 1.13. The van der Waals surface area contributed by atoms with Crippen LogP contribution in [0.3, 0.4) is 0 Å². The SMILES string of the molecule is CC(C)(C)OC(=O)N1[C@H]2CC[C@@H]1[C@@H](COc1c(F)c(Br)c(F)c3nc(Cl)nc(O)c13)NC2. The first kappa shape index (κ1) is 23.2. The van der Waals surface area contributed by atoms with E-state index in [0.717, 1.165) is 12.8 Å².